The minimum Gasteiger partial charge on any atom is -0.465 e. The average molecular weight is 204 g/mol. The number of H-pyrrole nitrogens is 1. The lowest BCUT2D eigenvalue weighted by Gasteiger charge is -2.03. The zero-order valence-electron chi connectivity index (χ0n) is 8.49. The van der Waals surface area contributed by atoms with E-state index in [-0.39, 0.29) is 5.56 Å². The molecule has 1 aromatic heterocycles. The van der Waals surface area contributed by atoms with Gasteiger partial charge in [0.1, 0.15) is 0 Å². The smallest absolute Gasteiger partial charge is 0.297 e. The van der Waals surface area contributed by atoms with Gasteiger partial charge in [-0.3, -0.25) is 9.78 Å². The van der Waals surface area contributed by atoms with Crippen LogP contribution in [-0.4, -0.2) is 16.6 Å². The molecule has 4 nitrogen and oxygen atoms in total. The molecule has 0 bridgehead atoms. The van der Waals surface area contributed by atoms with Gasteiger partial charge in [-0.05, 0) is 18.6 Å². The quantitative estimate of drug-likeness (QED) is 0.828. The zero-order valence-corrected chi connectivity index (χ0v) is 8.49. The maximum absolute atomic E-state index is 11.6. The number of para-hydroxylation sites is 1. The van der Waals surface area contributed by atoms with Crippen LogP contribution in [0.1, 0.15) is 13.3 Å². The van der Waals surface area contributed by atoms with E-state index in [1.54, 1.807) is 12.1 Å². The molecule has 1 aromatic carbocycles. The van der Waals surface area contributed by atoms with Crippen molar-refractivity contribution in [1.82, 2.24) is 9.97 Å². The van der Waals surface area contributed by atoms with E-state index < -0.39 is 0 Å². The monoisotopic (exact) mass is 204 g/mol. The van der Waals surface area contributed by atoms with Gasteiger partial charge in [-0.1, -0.05) is 19.1 Å². The van der Waals surface area contributed by atoms with Gasteiger partial charge in [0, 0.05) is 0 Å². The van der Waals surface area contributed by atoms with E-state index in [1.807, 2.05) is 19.1 Å². The second-order valence-electron chi connectivity index (χ2n) is 3.24. The van der Waals surface area contributed by atoms with Crippen molar-refractivity contribution in [2.45, 2.75) is 13.3 Å². The number of nitrogens with one attached hydrogen (secondary N) is 1. The maximum atomic E-state index is 11.6. The number of benzene rings is 1. The van der Waals surface area contributed by atoms with E-state index >= 15 is 0 Å². The van der Waals surface area contributed by atoms with Crippen LogP contribution in [0.3, 0.4) is 0 Å². The first-order chi connectivity index (χ1) is 7.31. The zero-order chi connectivity index (χ0) is 10.7. The SMILES string of the molecule is CCCOc1nc2ccccc2c(=O)[nH]1. The fraction of sp³-hybridized carbons (Fsp3) is 0.273. The molecule has 15 heavy (non-hydrogen) atoms. The van der Waals surface area contributed by atoms with E-state index in [4.69, 9.17) is 4.74 Å². The molecular weight excluding hydrogens is 192 g/mol. The van der Waals surface area contributed by atoms with Crippen LogP contribution in [-0.2, 0) is 0 Å². The Kier molecular flexibility index (Phi) is 2.67. The number of aromatic nitrogens is 2. The van der Waals surface area contributed by atoms with Crippen LogP contribution in [0, 0.1) is 0 Å². The van der Waals surface area contributed by atoms with Gasteiger partial charge in [-0.2, -0.15) is 4.98 Å². The standard InChI is InChI=1S/C11H12N2O2/c1-2-7-15-11-12-9-6-4-3-5-8(9)10(14)13-11/h3-6H,2,7H2,1H3,(H,12,13,14). The number of fused-ring (bicyclic) bond motifs is 1. The van der Waals surface area contributed by atoms with E-state index in [1.165, 1.54) is 0 Å². The van der Waals surface area contributed by atoms with E-state index in [2.05, 4.69) is 9.97 Å². The van der Waals surface area contributed by atoms with Crippen molar-refractivity contribution in [1.29, 1.82) is 0 Å². The second-order valence-corrected chi connectivity index (χ2v) is 3.24. The molecule has 78 valence electrons. The molecule has 2 aromatic rings. The third kappa shape index (κ3) is 1.98. The molecule has 0 radical (unpaired) electrons. The Balaban J connectivity index is 2.48. The van der Waals surface area contributed by atoms with Gasteiger partial charge in [0.15, 0.2) is 0 Å². The van der Waals surface area contributed by atoms with Crippen LogP contribution in [0.25, 0.3) is 10.9 Å². The first-order valence-corrected chi connectivity index (χ1v) is 4.93. The van der Waals surface area contributed by atoms with E-state index in [0.717, 1.165) is 6.42 Å². The van der Waals surface area contributed by atoms with E-state index in [0.29, 0.717) is 23.5 Å². The molecule has 4 heteroatoms. The summed E-state index contributed by atoms with van der Waals surface area (Å²) in [6.45, 7) is 2.56. The van der Waals surface area contributed by atoms with Gasteiger partial charge in [0.05, 0.1) is 17.5 Å². The highest BCUT2D eigenvalue weighted by Gasteiger charge is 2.02. The summed E-state index contributed by atoms with van der Waals surface area (Å²) in [4.78, 5) is 18.4. The first kappa shape index (κ1) is 9.71. The molecule has 1 heterocycles. The number of aromatic amines is 1. The number of ether oxygens (including phenoxy) is 1. The summed E-state index contributed by atoms with van der Waals surface area (Å²) < 4.78 is 5.28. The Hall–Kier alpha value is -1.84. The van der Waals surface area contributed by atoms with Gasteiger partial charge in [-0.25, -0.2) is 0 Å². The third-order valence-electron chi connectivity index (χ3n) is 2.03. The molecular formula is C11H12N2O2. The van der Waals surface area contributed by atoms with Crippen LogP contribution in [0.4, 0.5) is 0 Å². The first-order valence-electron chi connectivity index (χ1n) is 4.93. The molecule has 0 saturated carbocycles. The normalized spacial score (nSPS) is 10.5. The summed E-state index contributed by atoms with van der Waals surface area (Å²) in [5.74, 6) is 0. The Morgan fingerprint density at radius 1 is 1.40 bits per heavy atom. The number of hydrogen-bond donors (Lipinski definition) is 1. The van der Waals surface area contributed by atoms with Gasteiger partial charge in [0.2, 0.25) is 0 Å². The average Bonchev–Trinajstić information content (AvgIpc) is 2.26. The third-order valence-corrected chi connectivity index (χ3v) is 2.03. The van der Waals surface area contributed by atoms with Gasteiger partial charge in [0.25, 0.3) is 11.6 Å². The van der Waals surface area contributed by atoms with Crippen molar-refractivity contribution in [3.63, 3.8) is 0 Å². The van der Waals surface area contributed by atoms with Crippen molar-refractivity contribution in [3.05, 3.63) is 34.6 Å². The molecule has 2 rings (SSSR count). The van der Waals surface area contributed by atoms with Crippen LogP contribution < -0.4 is 10.3 Å². The topological polar surface area (TPSA) is 55.0 Å². The van der Waals surface area contributed by atoms with Crippen molar-refractivity contribution in [3.8, 4) is 6.01 Å². The fourth-order valence-electron chi connectivity index (χ4n) is 1.33. The summed E-state index contributed by atoms with van der Waals surface area (Å²) in [6, 6.07) is 7.48. The molecule has 0 amide bonds. The molecule has 0 aliphatic heterocycles. The van der Waals surface area contributed by atoms with Crippen LogP contribution in [0.15, 0.2) is 29.1 Å². The molecule has 1 N–H and O–H groups in total. The largest absolute Gasteiger partial charge is 0.465 e. The molecule has 0 atom stereocenters. The Labute approximate surface area is 86.9 Å². The van der Waals surface area contributed by atoms with Gasteiger partial charge in [-0.15, -0.1) is 0 Å². The molecule has 0 fully saturated rings. The summed E-state index contributed by atoms with van der Waals surface area (Å²) in [6.07, 6.45) is 0.885. The minimum absolute atomic E-state index is 0.160. The highest BCUT2D eigenvalue weighted by molar-refractivity contribution is 5.77. The predicted octanol–water partition coefficient (Wildman–Crippen LogP) is 1.71. The number of hydrogen-bond acceptors (Lipinski definition) is 3. The van der Waals surface area contributed by atoms with Crippen LogP contribution in [0.5, 0.6) is 6.01 Å². The summed E-state index contributed by atoms with van der Waals surface area (Å²) in [7, 11) is 0. The fourth-order valence-corrected chi connectivity index (χ4v) is 1.33. The molecule has 0 aliphatic carbocycles. The van der Waals surface area contributed by atoms with Crippen LogP contribution >= 0.6 is 0 Å². The minimum atomic E-state index is -0.160. The van der Waals surface area contributed by atoms with E-state index in [9.17, 15) is 4.79 Å². The Morgan fingerprint density at radius 2 is 2.20 bits per heavy atom. The molecule has 0 spiro atoms. The summed E-state index contributed by atoms with van der Waals surface area (Å²) >= 11 is 0. The lowest BCUT2D eigenvalue weighted by Crippen LogP contribution is -2.11. The molecule has 0 saturated heterocycles. The number of rotatable bonds is 3. The van der Waals surface area contributed by atoms with Gasteiger partial charge >= 0.3 is 0 Å². The number of nitrogens with zero attached hydrogens (tertiary/aromatic N) is 1. The predicted molar refractivity (Wildman–Crippen MR) is 58.1 cm³/mol. The Bertz CT molecular complexity index is 519. The highest BCUT2D eigenvalue weighted by atomic mass is 16.5. The highest BCUT2D eigenvalue weighted by Crippen LogP contribution is 2.08. The summed E-state index contributed by atoms with van der Waals surface area (Å²) in [5, 5.41) is 0.585. The summed E-state index contributed by atoms with van der Waals surface area (Å²) in [5.41, 5.74) is 0.499. The van der Waals surface area contributed by atoms with Crippen molar-refractivity contribution in [2.75, 3.05) is 6.61 Å². The lowest BCUT2D eigenvalue weighted by molar-refractivity contribution is 0.293. The van der Waals surface area contributed by atoms with Crippen LogP contribution in [0.2, 0.25) is 0 Å². The van der Waals surface area contributed by atoms with Crippen molar-refractivity contribution >= 4 is 10.9 Å². The molecule has 0 aliphatic rings. The van der Waals surface area contributed by atoms with Crippen molar-refractivity contribution in [2.24, 2.45) is 0 Å². The lowest BCUT2D eigenvalue weighted by atomic mass is 10.2. The molecule has 0 unspecified atom stereocenters. The second kappa shape index (κ2) is 4.13. The van der Waals surface area contributed by atoms with Crippen molar-refractivity contribution < 1.29 is 4.74 Å². The maximum Gasteiger partial charge on any atom is 0.297 e. The van der Waals surface area contributed by atoms with Gasteiger partial charge < -0.3 is 4.74 Å². The Morgan fingerprint density at radius 3 is 3.00 bits per heavy atom.